The highest BCUT2D eigenvalue weighted by Gasteiger charge is 2.52. The predicted octanol–water partition coefficient (Wildman–Crippen LogP) is 2.12. The van der Waals surface area contributed by atoms with E-state index in [1.807, 2.05) is 0 Å². The normalized spacial score (nSPS) is 30.1. The standard InChI is InChI=1S/C7H10/c1-2-6-5-7(6)3-4-7/h5H,2-4H2,1H3. The molecule has 0 nitrogen and oxygen atoms in total. The van der Waals surface area contributed by atoms with Gasteiger partial charge in [-0.25, -0.2) is 0 Å². The zero-order chi connectivity index (χ0) is 4.91. The third-order valence-electron chi connectivity index (χ3n) is 2.18. The maximum Gasteiger partial charge on any atom is 0.00947 e. The Labute approximate surface area is 44.2 Å². The summed E-state index contributed by atoms with van der Waals surface area (Å²) in [4.78, 5) is 0. The Morgan fingerprint density at radius 1 is 1.71 bits per heavy atom. The van der Waals surface area contributed by atoms with Crippen LogP contribution in [0.3, 0.4) is 0 Å². The van der Waals surface area contributed by atoms with E-state index in [4.69, 9.17) is 0 Å². The zero-order valence-electron chi connectivity index (χ0n) is 4.70. The van der Waals surface area contributed by atoms with Gasteiger partial charge in [0.15, 0.2) is 0 Å². The summed E-state index contributed by atoms with van der Waals surface area (Å²) in [6.07, 6.45) is 6.68. The second-order valence-corrected chi connectivity index (χ2v) is 2.68. The Morgan fingerprint density at radius 2 is 2.43 bits per heavy atom. The van der Waals surface area contributed by atoms with E-state index in [0.29, 0.717) is 0 Å². The maximum absolute atomic E-state index is 2.44. The van der Waals surface area contributed by atoms with E-state index < -0.39 is 0 Å². The average Bonchev–Trinajstić information content (AvgIpc) is 2.52. The number of hydrogen-bond acceptors (Lipinski definition) is 0. The molecule has 2 rings (SSSR count). The smallest absolute Gasteiger partial charge is 0.00947 e. The van der Waals surface area contributed by atoms with Gasteiger partial charge in [-0.2, -0.15) is 0 Å². The molecular weight excluding hydrogens is 84.1 g/mol. The molecule has 1 spiro atoms. The predicted molar refractivity (Wildman–Crippen MR) is 30.0 cm³/mol. The van der Waals surface area contributed by atoms with E-state index in [0.717, 1.165) is 5.41 Å². The lowest BCUT2D eigenvalue weighted by Gasteiger charge is -1.82. The van der Waals surface area contributed by atoms with Crippen LogP contribution in [0.15, 0.2) is 11.6 Å². The van der Waals surface area contributed by atoms with Crippen LogP contribution in [0.2, 0.25) is 0 Å². The minimum atomic E-state index is 0.759. The van der Waals surface area contributed by atoms with Crippen LogP contribution in [-0.4, -0.2) is 0 Å². The Kier molecular flexibility index (Phi) is 0.421. The first-order chi connectivity index (χ1) is 3.37. The molecule has 2 aliphatic carbocycles. The lowest BCUT2D eigenvalue weighted by atomic mass is 10.2. The Hall–Kier alpha value is -0.260. The lowest BCUT2D eigenvalue weighted by Crippen LogP contribution is -1.70. The summed E-state index contributed by atoms with van der Waals surface area (Å²) in [5, 5.41) is 0. The summed E-state index contributed by atoms with van der Waals surface area (Å²) in [5.41, 5.74) is 2.49. The zero-order valence-corrected chi connectivity index (χ0v) is 4.70. The molecule has 0 aromatic rings. The molecule has 0 amide bonds. The van der Waals surface area contributed by atoms with E-state index in [1.165, 1.54) is 19.3 Å². The average molecular weight is 94.2 g/mol. The van der Waals surface area contributed by atoms with Crippen LogP contribution < -0.4 is 0 Å². The summed E-state index contributed by atoms with van der Waals surface area (Å²) in [6, 6.07) is 0. The van der Waals surface area contributed by atoms with Crippen molar-refractivity contribution in [3.8, 4) is 0 Å². The van der Waals surface area contributed by atoms with Crippen molar-refractivity contribution in [2.45, 2.75) is 26.2 Å². The molecule has 0 aliphatic heterocycles. The van der Waals surface area contributed by atoms with E-state index >= 15 is 0 Å². The SMILES string of the molecule is CCC1=CC12CC2. The second kappa shape index (κ2) is 0.795. The van der Waals surface area contributed by atoms with Gasteiger partial charge in [-0.15, -0.1) is 0 Å². The fraction of sp³-hybridized carbons (Fsp3) is 0.714. The summed E-state index contributed by atoms with van der Waals surface area (Å²) in [5.74, 6) is 0. The Morgan fingerprint density at radius 3 is 2.57 bits per heavy atom. The molecule has 0 heteroatoms. The molecule has 0 N–H and O–H groups in total. The van der Waals surface area contributed by atoms with Gasteiger partial charge < -0.3 is 0 Å². The first-order valence-corrected chi connectivity index (χ1v) is 3.10. The van der Waals surface area contributed by atoms with Crippen molar-refractivity contribution in [1.29, 1.82) is 0 Å². The van der Waals surface area contributed by atoms with E-state index in [9.17, 15) is 0 Å². The molecule has 2 aliphatic rings. The monoisotopic (exact) mass is 94.1 g/mol. The van der Waals surface area contributed by atoms with Crippen LogP contribution in [0.5, 0.6) is 0 Å². The molecule has 0 bridgehead atoms. The summed E-state index contributed by atoms with van der Waals surface area (Å²) < 4.78 is 0. The van der Waals surface area contributed by atoms with Gasteiger partial charge in [-0.1, -0.05) is 18.6 Å². The number of rotatable bonds is 1. The van der Waals surface area contributed by atoms with Crippen LogP contribution >= 0.6 is 0 Å². The number of allylic oxidation sites excluding steroid dienone is 2. The maximum atomic E-state index is 2.44. The highest BCUT2D eigenvalue weighted by Crippen LogP contribution is 2.65. The Bertz CT molecular complexity index is 127. The molecule has 0 atom stereocenters. The van der Waals surface area contributed by atoms with E-state index in [2.05, 4.69) is 13.0 Å². The summed E-state index contributed by atoms with van der Waals surface area (Å²) in [6.45, 7) is 2.25. The summed E-state index contributed by atoms with van der Waals surface area (Å²) in [7, 11) is 0. The fourth-order valence-corrected chi connectivity index (χ4v) is 1.35. The van der Waals surface area contributed by atoms with Crippen molar-refractivity contribution < 1.29 is 0 Å². The topological polar surface area (TPSA) is 0 Å². The van der Waals surface area contributed by atoms with Gasteiger partial charge in [0.1, 0.15) is 0 Å². The molecule has 7 heavy (non-hydrogen) atoms. The van der Waals surface area contributed by atoms with Gasteiger partial charge in [0.2, 0.25) is 0 Å². The second-order valence-electron chi connectivity index (χ2n) is 2.68. The van der Waals surface area contributed by atoms with Crippen LogP contribution in [-0.2, 0) is 0 Å². The van der Waals surface area contributed by atoms with Crippen molar-refractivity contribution in [3.63, 3.8) is 0 Å². The van der Waals surface area contributed by atoms with Gasteiger partial charge in [0.05, 0.1) is 0 Å². The first kappa shape index (κ1) is 3.71. The van der Waals surface area contributed by atoms with Crippen molar-refractivity contribution >= 4 is 0 Å². The van der Waals surface area contributed by atoms with Crippen molar-refractivity contribution in [2.24, 2.45) is 5.41 Å². The molecule has 0 unspecified atom stereocenters. The van der Waals surface area contributed by atoms with E-state index in [-0.39, 0.29) is 0 Å². The molecule has 0 aromatic carbocycles. The van der Waals surface area contributed by atoms with Crippen molar-refractivity contribution in [3.05, 3.63) is 11.6 Å². The minimum Gasteiger partial charge on any atom is -0.0742 e. The molecule has 1 saturated carbocycles. The van der Waals surface area contributed by atoms with Gasteiger partial charge in [0, 0.05) is 5.41 Å². The lowest BCUT2D eigenvalue weighted by molar-refractivity contribution is 0.902. The van der Waals surface area contributed by atoms with Gasteiger partial charge in [-0.05, 0) is 19.3 Å². The third kappa shape index (κ3) is 0.324. The van der Waals surface area contributed by atoms with Crippen LogP contribution in [0.25, 0.3) is 0 Å². The molecule has 0 saturated heterocycles. The molecule has 0 heterocycles. The molecule has 38 valence electrons. The van der Waals surface area contributed by atoms with Crippen molar-refractivity contribution in [2.75, 3.05) is 0 Å². The summed E-state index contributed by atoms with van der Waals surface area (Å²) >= 11 is 0. The third-order valence-corrected chi connectivity index (χ3v) is 2.18. The number of hydrogen-bond donors (Lipinski definition) is 0. The van der Waals surface area contributed by atoms with Crippen LogP contribution in [0.1, 0.15) is 26.2 Å². The highest BCUT2D eigenvalue weighted by atomic mass is 14.6. The van der Waals surface area contributed by atoms with Gasteiger partial charge in [-0.3, -0.25) is 0 Å². The largest absolute Gasteiger partial charge is 0.0742 e. The van der Waals surface area contributed by atoms with Gasteiger partial charge in [0.25, 0.3) is 0 Å². The highest BCUT2D eigenvalue weighted by molar-refractivity contribution is 5.44. The molecule has 0 aromatic heterocycles. The van der Waals surface area contributed by atoms with Gasteiger partial charge >= 0.3 is 0 Å². The molecular formula is C7H10. The van der Waals surface area contributed by atoms with E-state index in [1.54, 1.807) is 5.57 Å². The Balaban J connectivity index is 2.05. The fourth-order valence-electron chi connectivity index (χ4n) is 1.35. The van der Waals surface area contributed by atoms with Crippen LogP contribution in [0.4, 0.5) is 0 Å². The first-order valence-electron chi connectivity index (χ1n) is 3.10. The minimum absolute atomic E-state index is 0.759. The molecule has 1 fully saturated rings. The van der Waals surface area contributed by atoms with Crippen LogP contribution in [0, 0.1) is 5.41 Å². The van der Waals surface area contributed by atoms with Crippen molar-refractivity contribution in [1.82, 2.24) is 0 Å². The quantitative estimate of drug-likeness (QED) is 0.436. The molecule has 0 radical (unpaired) electrons.